The molecule has 206 valence electrons. The highest BCUT2D eigenvalue weighted by atomic mass is 16.5. The van der Waals surface area contributed by atoms with Crippen LogP contribution in [-0.4, -0.2) is 37.7 Å². The summed E-state index contributed by atoms with van der Waals surface area (Å²) in [5, 5.41) is 5.39. The average molecular weight is 542 g/mol. The lowest BCUT2D eigenvalue weighted by atomic mass is 9.93. The summed E-state index contributed by atoms with van der Waals surface area (Å²) in [6.45, 7) is 5.81. The summed E-state index contributed by atoms with van der Waals surface area (Å²) in [5.41, 5.74) is 9.13. The Bertz CT molecular complexity index is 1680. The molecule has 1 N–H and O–H groups in total. The van der Waals surface area contributed by atoms with Gasteiger partial charge in [-0.05, 0) is 62.9 Å². The predicted octanol–water partition coefficient (Wildman–Crippen LogP) is 5.41. The number of fused-ring (bicyclic) bond motifs is 2. The van der Waals surface area contributed by atoms with Crippen molar-refractivity contribution in [3.8, 4) is 0 Å². The van der Waals surface area contributed by atoms with E-state index in [1.54, 1.807) is 44.5 Å². The van der Waals surface area contributed by atoms with Gasteiger partial charge in [0.05, 0.1) is 36.8 Å². The van der Waals surface area contributed by atoms with Crippen LogP contribution in [0.5, 0.6) is 0 Å². The molecule has 0 spiro atoms. The Kier molecular flexibility index (Phi) is 7.30. The molecule has 5 rings (SSSR count). The zero-order chi connectivity index (χ0) is 28.6. The zero-order valence-corrected chi connectivity index (χ0v) is 23.2. The minimum Gasteiger partial charge on any atom is -0.465 e. The normalized spacial score (nSPS) is 13.8. The number of amides is 2. The first-order valence-electron chi connectivity index (χ1n) is 13.1. The number of benzene rings is 2. The number of anilines is 1. The molecule has 1 aliphatic rings. The summed E-state index contributed by atoms with van der Waals surface area (Å²) < 4.78 is 16.6. The molecule has 0 saturated carbocycles. The molecule has 0 bridgehead atoms. The van der Waals surface area contributed by atoms with E-state index in [9.17, 15) is 14.4 Å². The molecule has 2 heterocycles. The van der Waals surface area contributed by atoms with E-state index in [4.69, 9.17) is 13.6 Å². The van der Waals surface area contributed by atoms with Crippen LogP contribution in [0.3, 0.4) is 0 Å². The van der Waals surface area contributed by atoms with Crippen molar-refractivity contribution in [3.63, 3.8) is 0 Å². The number of carbonyl (C=O) groups excluding carboxylic acids is 3. The maximum atomic E-state index is 13.5. The van der Waals surface area contributed by atoms with Crippen molar-refractivity contribution in [2.24, 2.45) is 5.10 Å². The number of esters is 1. The van der Waals surface area contributed by atoms with Crippen molar-refractivity contribution in [1.29, 1.82) is 0 Å². The van der Waals surface area contributed by atoms with Crippen LogP contribution >= 0.6 is 0 Å². The number of para-hydroxylation sites is 1. The average Bonchev–Trinajstić information content (AvgIpc) is 3.51. The molecule has 2 aromatic carbocycles. The van der Waals surface area contributed by atoms with Crippen LogP contribution in [0.15, 0.2) is 56.6 Å². The number of aryl methyl sites for hydroxylation is 3. The molecular formula is C31H31N3O6. The van der Waals surface area contributed by atoms with Crippen LogP contribution in [0.25, 0.3) is 11.0 Å². The number of furan rings is 2. The highest BCUT2D eigenvalue weighted by molar-refractivity contribution is 6.11. The lowest BCUT2D eigenvalue weighted by Gasteiger charge is -2.19. The van der Waals surface area contributed by atoms with E-state index in [1.807, 2.05) is 19.9 Å². The lowest BCUT2D eigenvalue weighted by Crippen LogP contribution is -2.28. The largest absolute Gasteiger partial charge is 0.465 e. The number of hydrogen-bond donors (Lipinski definition) is 1. The Morgan fingerprint density at radius 2 is 1.88 bits per heavy atom. The second-order valence-electron chi connectivity index (χ2n) is 10.1. The fourth-order valence-electron chi connectivity index (χ4n) is 5.39. The summed E-state index contributed by atoms with van der Waals surface area (Å²) in [5.74, 6) is -0.377. The second kappa shape index (κ2) is 10.8. The molecule has 2 aromatic heterocycles. The predicted molar refractivity (Wildman–Crippen MR) is 151 cm³/mol. The highest BCUT2D eigenvalue weighted by Crippen LogP contribution is 2.32. The van der Waals surface area contributed by atoms with E-state index in [2.05, 4.69) is 16.6 Å². The van der Waals surface area contributed by atoms with Crippen molar-refractivity contribution < 1.29 is 28.0 Å². The molecule has 0 saturated heterocycles. The molecule has 0 fully saturated rings. The first-order chi connectivity index (χ1) is 19.2. The van der Waals surface area contributed by atoms with Crippen LogP contribution in [0.4, 0.5) is 5.69 Å². The van der Waals surface area contributed by atoms with Crippen molar-refractivity contribution >= 4 is 40.2 Å². The summed E-state index contributed by atoms with van der Waals surface area (Å²) in [4.78, 5) is 40.0. The number of hydrogen-bond acceptors (Lipinski definition) is 7. The number of hydrazone groups is 1. The third kappa shape index (κ3) is 4.90. The first-order valence-corrected chi connectivity index (χ1v) is 13.1. The van der Waals surface area contributed by atoms with Gasteiger partial charge in [-0.3, -0.25) is 9.59 Å². The van der Waals surface area contributed by atoms with Crippen LogP contribution in [0.2, 0.25) is 0 Å². The van der Waals surface area contributed by atoms with Gasteiger partial charge in [-0.25, -0.2) is 10.2 Å². The monoisotopic (exact) mass is 541 g/mol. The van der Waals surface area contributed by atoms with E-state index >= 15 is 0 Å². The molecule has 0 radical (unpaired) electrons. The molecule has 2 amide bonds. The minimum absolute atomic E-state index is 0.124. The lowest BCUT2D eigenvalue weighted by molar-refractivity contribution is -0.120. The van der Waals surface area contributed by atoms with E-state index in [0.29, 0.717) is 35.6 Å². The number of carbonyl (C=O) groups is 3. The van der Waals surface area contributed by atoms with Gasteiger partial charge in [0.2, 0.25) is 5.91 Å². The Labute approximate surface area is 231 Å². The van der Waals surface area contributed by atoms with Gasteiger partial charge in [0.25, 0.3) is 5.91 Å². The van der Waals surface area contributed by atoms with Gasteiger partial charge in [-0.1, -0.05) is 18.2 Å². The van der Waals surface area contributed by atoms with Crippen molar-refractivity contribution in [1.82, 2.24) is 5.43 Å². The van der Waals surface area contributed by atoms with Crippen molar-refractivity contribution in [3.05, 3.63) is 87.6 Å². The van der Waals surface area contributed by atoms with Gasteiger partial charge in [0.1, 0.15) is 11.3 Å². The second-order valence-corrected chi connectivity index (χ2v) is 10.1. The smallest absolute Gasteiger partial charge is 0.339 e. The standard InChI is InChI=1S/C31H31N3O6/c1-17-13-18(2)27-20(16-39-25(27)14-17)15-26(35)33-32-22-10-8-12-24-28(22)19(3)29(40-24)30(36)34(4)23-11-7-6-9-21(23)31(37)38-5/h6-7,9,11,13-14,16H,8,10,12,15H2,1-5H3,(H,33,35)/b32-22+. The Morgan fingerprint density at radius 1 is 1.10 bits per heavy atom. The van der Waals surface area contributed by atoms with Crippen LogP contribution in [-0.2, 0) is 22.4 Å². The molecule has 4 aromatic rings. The van der Waals surface area contributed by atoms with Crippen LogP contribution < -0.4 is 10.3 Å². The molecule has 0 aliphatic heterocycles. The topological polar surface area (TPSA) is 114 Å². The summed E-state index contributed by atoms with van der Waals surface area (Å²) in [7, 11) is 2.88. The van der Waals surface area contributed by atoms with Crippen molar-refractivity contribution in [2.75, 3.05) is 19.1 Å². The summed E-state index contributed by atoms with van der Waals surface area (Å²) in [6.07, 6.45) is 3.80. The van der Waals surface area contributed by atoms with Gasteiger partial charge in [-0.2, -0.15) is 5.10 Å². The van der Waals surface area contributed by atoms with E-state index in [-0.39, 0.29) is 23.7 Å². The maximum absolute atomic E-state index is 13.5. The van der Waals surface area contributed by atoms with Gasteiger partial charge < -0.3 is 18.5 Å². The minimum atomic E-state index is -0.537. The number of rotatable bonds is 6. The Morgan fingerprint density at radius 3 is 2.65 bits per heavy atom. The Balaban J connectivity index is 1.37. The van der Waals surface area contributed by atoms with Gasteiger partial charge >= 0.3 is 5.97 Å². The van der Waals surface area contributed by atoms with Gasteiger partial charge in [0, 0.05) is 35.5 Å². The quantitative estimate of drug-likeness (QED) is 0.258. The molecule has 40 heavy (non-hydrogen) atoms. The third-order valence-corrected chi connectivity index (χ3v) is 7.25. The molecule has 0 atom stereocenters. The number of nitrogens with one attached hydrogen (secondary N) is 1. The third-order valence-electron chi connectivity index (χ3n) is 7.25. The molecular weight excluding hydrogens is 510 g/mol. The Hall–Kier alpha value is -4.66. The first kappa shape index (κ1) is 26.9. The summed E-state index contributed by atoms with van der Waals surface area (Å²) >= 11 is 0. The zero-order valence-electron chi connectivity index (χ0n) is 23.2. The van der Waals surface area contributed by atoms with E-state index in [1.165, 1.54) is 12.0 Å². The van der Waals surface area contributed by atoms with Crippen LogP contribution in [0.1, 0.15) is 67.3 Å². The summed E-state index contributed by atoms with van der Waals surface area (Å²) in [6, 6.07) is 10.8. The van der Waals surface area contributed by atoms with Gasteiger partial charge in [0.15, 0.2) is 5.76 Å². The van der Waals surface area contributed by atoms with E-state index < -0.39 is 11.9 Å². The van der Waals surface area contributed by atoms with E-state index in [0.717, 1.165) is 39.6 Å². The van der Waals surface area contributed by atoms with Crippen molar-refractivity contribution in [2.45, 2.75) is 46.5 Å². The fourth-order valence-corrected chi connectivity index (χ4v) is 5.39. The fraction of sp³-hybridized carbons (Fsp3) is 0.290. The van der Waals surface area contributed by atoms with Crippen LogP contribution in [0, 0.1) is 20.8 Å². The van der Waals surface area contributed by atoms with Gasteiger partial charge in [-0.15, -0.1) is 0 Å². The molecule has 9 heteroatoms. The molecule has 1 aliphatic carbocycles. The number of methoxy groups -OCH3 is 1. The molecule has 0 unspecified atom stereocenters. The maximum Gasteiger partial charge on any atom is 0.339 e. The SMILES string of the molecule is COC(=O)c1ccccc1N(C)C(=O)c1oc2c(c1C)/C(=N/NC(=O)Cc1coc3cc(C)cc(C)c13)CCC2. The molecule has 9 nitrogen and oxygen atoms in total. The highest BCUT2D eigenvalue weighted by Gasteiger charge is 2.31. The number of nitrogens with zero attached hydrogens (tertiary/aromatic N) is 2. The number of ether oxygens (including phenoxy) is 1.